The van der Waals surface area contributed by atoms with Crippen LogP contribution in [0.1, 0.15) is 64.2 Å². The molecule has 0 saturated heterocycles. The molecule has 0 aromatic heterocycles. The molecule has 5 nitrogen and oxygen atoms in total. The second-order valence-electron chi connectivity index (χ2n) is 9.19. The molecule has 2 aliphatic heterocycles. The van der Waals surface area contributed by atoms with E-state index in [9.17, 15) is 0 Å². The van der Waals surface area contributed by atoms with Gasteiger partial charge in [0.2, 0.25) is 0 Å². The molecule has 33 heavy (non-hydrogen) atoms. The number of halogens is 2. The standard InChI is InChI=1S/C25H37N5.2ClH.Cu/c1-30(18-24-14-12-22(28-24)16-26-20-8-4-2-5-9-20)19-25-15-13-23(29-25)17-27-21-10-6-3-7-11-21;;;/h12-17,20-21,26-27H,2-11,18-19H2,1H3;2*1H;/q;;;+2/p-2/b22-16-,23-17-;;;. The Kier molecular flexibility index (Phi) is 14.3. The third-order valence-electron chi connectivity index (χ3n) is 6.45. The van der Waals surface area contributed by atoms with Gasteiger partial charge in [0.25, 0.3) is 0 Å². The molecule has 2 saturated carbocycles. The second-order valence-corrected chi connectivity index (χ2v) is 9.19. The van der Waals surface area contributed by atoms with Crippen LogP contribution in [0.15, 0.2) is 58.1 Å². The molecule has 1 radical (unpaired) electrons. The van der Waals surface area contributed by atoms with E-state index in [1.807, 2.05) is 0 Å². The van der Waals surface area contributed by atoms with Crippen molar-refractivity contribution in [3.8, 4) is 0 Å². The first kappa shape index (κ1) is 30.0. The van der Waals surface area contributed by atoms with Crippen LogP contribution in [0.25, 0.3) is 0 Å². The van der Waals surface area contributed by atoms with Crippen molar-refractivity contribution in [2.24, 2.45) is 9.98 Å². The summed E-state index contributed by atoms with van der Waals surface area (Å²) in [5.41, 5.74) is 4.32. The minimum Gasteiger partial charge on any atom is -1.00 e. The average Bonchev–Trinajstić information content (AvgIpc) is 3.41. The Hall–Kier alpha value is -1.04. The molecular formula is C25H37Cl2CuN5. The van der Waals surface area contributed by atoms with E-state index < -0.39 is 0 Å². The van der Waals surface area contributed by atoms with E-state index >= 15 is 0 Å². The maximum atomic E-state index is 4.77. The van der Waals surface area contributed by atoms with E-state index in [-0.39, 0.29) is 41.9 Å². The molecule has 4 rings (SSSR count). The van der Waals surface area contributed by atoms with Gasteiger partial charge in [0.05, 0.1) is 22.8 Å². The van der Waals surface area contributed by atoms with E-state index in [0.29, 0.717) is 12.1 Å². The summed E-state index contributed by atoms with van der Waals surface area (Å²) in [4.78, 5) is 11.8. The number of allylic oxidation sites excluding steroid dienone is 2. The first-order chi connectivity index (χ1) is 14.7. The Morgan fingerprint density at radius 3 is 1.52 bits per heavy atom. The fraction of sp³-hybridized carbons (Fsp3) is 0.600. The van der Waals surface area contributed by atoms with E-state index in [0.717, 1.165) is 35.9 Å². The molecular weight excluding hydrogens is 505 g/mol. The Labute approximate surface area is 222 Å². The number of aliphatic imine (C=N–C) groups is 2. The van der Waals surface area contributed by atoms with Crippen LogP contribution in [0.3, 0.4) is 0 Å². The summed E-state index contributed by atoms with van der Waals surface area (Å²) in [6, 6.07) is 1.26. The van der Waals surface area contributed by atoms with E-state index in [4.69, 9.17) is 9.98 Å². The minimum absolute atomic E-state index is 0. The smallest absolute Gasteiger partial charge is 1.00 e. The number of nitrogens with zero attached hydrogens (tertiary/aromatic N) is 3. The largest absolute Gasteiger partial charge is 2.00 e. The molecule has 187 valence electrons. The molecule has 0 atom stereocenters. The van der Waals surface area contributed by atoms with Crippen molar-refractivity contribution in [2.75, 3.05) is 20.1 Å². The zero-order valence-electron chi connectivity index (χ0n) is 19.5. The van der Waals surface area contributed by atoms with Gasteiger partial charge in [-0.15, -0.1) is 0 Å². The predicted molar refractivity (Wildman–Crippen MR) is 127 cm³/mol. The molecule has 0 bridgehead atoms. The molecule has 0 aromatic carbocycles. The quantitative estimate of drug-likeness (QED) is 0.367. The summed E-state index contributed by atoms with van der Waals surface area (Å²) >= 11 is 0. The van der Waals surface area contributed by atoms with E-state index in [1.54, 1.807) is 0 Å². The minimum atomic E-state index is 0. The van der Waals surface area contributed by atoms with Crippen molar-refractivity contribution < 1.29 is 41.9 Å². The molecule has 2 N–H and O–H groups in total. The van der Waals surface area contributed by atoms with Crippen LogP contribution in [0.5, 0.6) is 0 Å². The molecule has 0 aromatic rings. The van der Waals surface area contributed by atoms with Gasteiger partial charge in [-0.25, -0.2) is 0 Å². The first-order valence-electron chi connectivity index (χ1n) is 11.9. The number of rotatable bonds is 8. The summed E-state index contributed by atoms with van der Waals surface area (Å²) in [7, 11) is 2.14. The number of hydrogen-bond donors (Lipinski definition) is 2. The van der Waals surface area contributed by atoms with Gasteiger partial charge in [0.1, 0.15) is 0 Å². The molecule has 0 unspecified atom stereocenters. The summed E-state index contributed by atoms with van der Waals surface area (Å²) in [6.45, 7) is 1.67. The van der Waals surface area contributed by atoms with E-state index in [1.165, 1.54) is 64.2 Å². The third-order valence-corrected chi connectivity index (χ3v) is 6.45. The van der Waals surface area contributed by atoms with Crippen molar-refractivity contribution in [3.63, 3.8) is 0 Å². The van der Waals surface area contributed by atoms with Crippen LogP contribution in [0.4, 0.5) is 0 Å². The number of hydrogen-bond acceptors (Lipinski definition) is 5. The Morgan fingerprint density at radius 2 is 1.12 bits per heavy atom. The van der Waals surface area contributed by atoms with Crippen LogP contribution in [-0.4, -0.2) is 48.5 Å². The predicted octanol–water partition coefficient (Wildman–Crippen LogP) is -1.53. The summed E-state index contributed by atoms with van der Waals surface area (Å²) in [6.07, 6.45) is 26.0. The zero-order chi connectivity index (χ0) is 20.6. The molecule has 2 heterocycles. The maximum absolute atomic E-state index is 4.77. The van der Waals surface area contributed by atoms with Gasteiger partial charge in [0, 0.05) is 37.6 Å². The topological polar surface area (TPSA) is 52.0 Å². The van der Waals surface area contributed by atoms with E-state index in [2.05, 4.69) is 59.3 Å². The van der Waals surface area contributed by atoms with Crippen molar-refractivity contribution in [3.05, 3.63) is 48.1 Å². The van der Waals surface area contributed by atoms with Gasteiger partial charge in [0.15, 0.2) is 0 Å². The Morgan fingerprint density at radius 1 is 0.727 bits per heavy atom. The van der Waals surface area contributed by atoms with Crippen molar-refractivity contribution >= 4 is 11.4 Å². The molecule has 8 heteroatoms. The molecule has 0 amide bonds. The SMILES string of the molecule is CN(CC1=N/C(=C\NC2CCCCC2)C=C1)CC1=N/C(=C\NC2CCCCC2)C=C1.[Cl-].[Cl-].[Cu+2]. The van der Waals surface area contributed by atoms with Gasteiger partial charge >= 0.3 is 17.1 Å². The first-order valence-corrected chi connectivity index (χ1v) is 11.9. The summed E-state index contributed by atoms with van der Waals surface area (Å²) in [5.74, 6) is 0. The van der Waals surface area contributed by atoms with Crippen molar-refractivity contribution in [1.29, 1.82) is 0 Å². The Bertz CT molecular complexity index is 712. The van der Waals surface area contributed by atoms with Crippen LogP contribution in [0.2, 0.25) is 0 Å². The van der Waals surface area contributed by atoms with Crippen LogP contribution >= 0.6 is 0 Å². The summed E-state index contributed by atoms with van der Waals surface area (Å²) in [5, 5.41) is 7.12. The van der Waals surface area contributed by atoms with Gasteiger partial charge < -0.3 is 35.4 Å². The second kappa shape index (κ2) is 15.8. The molecule has 0 spiro atoms. The third kappa shape index (κ3) is 10.00. The van der Waals surface area contributed by atoms with Crippen LogP contribution < -0.4 is 35.4 Å². The van der Waals surface area contributed by atoms with Crippen molar-refractivity contribution in [1.82, 2.24) is 15.5 Å². The maximum Gasteiger partial charge on any atom is 2.00 e. The summed E-state index contributed by atoms with van der Waals surface area (Å²) < 4.78 is 0. The zero-order valence-corrected chi connectivity index (χ0v) is 22.0. The van der Waals surface area contributed by atoms with Crippen LogP contribution in [0, 0.1) is 0 Å². The fourth-order valence-corrected chi connectivity index (χ4v) is 4.73. The molecule has 4 aliphatic rings. The fourth-order valence-electron chi connectivity index (χ4n) is 4.73. The monoisotopic (exact) mass is 540 g/mol. The van der Waals surface area contributed by atoms with Crippen LogP contribution in [-0.2, 0) is 17.1 Å². The molecule has 2 aliphatic carbocycles. The Balaban J connectivity index is 0.00000181. The molecule has 2 fully saturated rings. The van der Waals surface area contributed by atoms with Crippen molar-refractivity contribution in [2.45, 2.75) is 76.3 Å². The van der Waals surface area contributed by atoms with Gasteiger partial charge in [-0.05, 0) is 57.0 Å². The average molecular weight is 542 g/mol. The van der Waals surface area contributed by atoms with Gasteiger partial charge in [-0.3, -0.25) is 14.9 Å². The van der Waals surface area contributed by atoms with Gasteiger partial charge in [-0.1, -0.05) is 38.5 Å². The van der Waals surface area contributed by atoms with Gasteiger partial charge in [-0.2, -0.15) is 0 Å². The number of nitrogens with one attached hydrogen (secondary N) is 2. The normalized spacial score (nSPS) is 23.1.